The second kappa shape index (κ2) is 14.0. The molecule has 4 aromatic carbocycles. The zero-order valence-corrected chi connectivity index (χ0v) is 24.2. The Bertz CT molecular complexity index is 1610. The third kappa shape index (κ3) is 8.81. The Morgan fingerprint density at radius 3 is 2.33 bits per heavy atom. The predicted molar refractivity (Wildman–Crippen MR) is 163 cm³/mol. The summed E-state index contributed by atoms with van der Waals surface area (Å²) in [5.74, 6) is 0.0915. The molecule has 42 heavy (non-hydrogen) atoms. The molecular weight excluding hydrogens is 556 g/mol. The second-order valence-electron chi connectivity index (χ2n) is 9.83. The van der Waals surface area contributed by atoms with Crippen LogP contribution >= 0.6 is 0 Å². The quantitative estimate of drug-likeness (QED) is 0.151. The van der Waals surface area contributed by atoms with Crippen LogP contribution in [0.25, 0.3) is 11.1 Å². The highest BCUT2D eigenvalue weighted by molar-refractivity contribution is 7.92. The molecule has 0 aliphatic rings. The molecule has 0 aliphatic heterocycles. The summed E-state index contributed by atoms with van der Waals surface area (Å²) in [6.45, 7) is 3.22. The van der Waals surface area contributed by atoms with Gasteiger partial charge < -0.3 is 25.0 Å². The van der Waals surface area contributed by atoms with Crippen molar-refractivity contribution in [3.63, 3.8) is 0 Å². The number of aliphatic hydroxyl groups is 1. The van der Waals surface area contributed by atoms with Gasteiger partial charge in [-0.3, -0.25) is 4.72 Å². The van der Waals surface area contributed by atoms with Crippen LogP contribution in [0.2, 0.25) is 0 Å². The lowest BCUT2D eigenvalue weighted by Gasteiger charge is -2.17. The molecule has 0 radical (unpaired) electrons. The van der Waals surface area contributed by atoms with E-state index in [2.05, 4.69) is 10.0 Å². The van der Waals surface area contributed by atoms with E-state index in [4.69, 9.17) is 14.6 Å². The van der Waals surface area contributed by atoms with E-state index in [-0.39, 0.29) is 24.4 Å². The average Bonchev–Trinajstić information content (AvgIpc) is 2.96. The predicted octanol–water partition coefficient (Wildman–Crippen LogP) is 5.01. The molecule has 0 saturated heterocycles. The van der Waals surface area contributed by atoms with Crippen LogP contribution in [0.4, 0.5) is 5.69 Å². The first-order valence-corrected chi connectivity index (χ1v) is 15.2. The normalized spacial score (nSPS) is 12.0. The third-order valence-corrected chi connectivity index (χ3v) is 7.04. The van der Waals surface area contributed by atoms with E-state index in [1.54, 1.807) is 36.4 Å². The van der Waals surface area contributed by atoms with E-state index in [1.165, 1.54) is 0 Å². The number of benzene rings is 4. The highest BCUT2D eigenvalue weighted by Crippen LogP contribution is 2.30. The molecule has 1 atom stereocenters. The Labute approximate surface area is 245 Å². The van der Waals surface area contributed by atoms with Gasteiger partial charge in [0.2, 0.25) is 10.0 Å². The van der Waals surface area contributed by atoms with Gasteiger partial charge in [0.1, 0.15) is 24.7 Å². The standard InChI is InChI=1S/C32H34N2O7S/c1-22-18-26(32(36)37)10-14-28(22)24-8-12-27(13-9-24)40-17-16-33-20-30(35)25-11-15-31(29(19-25)34-42(2,38)39)41-21-23-6-4-3-5-7-23/h3-15,18-19,30,33-35H,16-17,20-21H2,1-2H3,(H,36,37)/t30-/m0/s1. The lowest BCUT2D eigenvalue weighted by molar-refractivity contribution is 0.0696. The molecule has 0 saturated carbocycles. The molecule has 4 aromatic rings. The van der Waals surface area contributed by atoms with Gasteiger partial charge >= 0.3 is 5.97 Å². The summed E-state index contributed by atoms with van der Waals surface area (Å²) in [5.41, 5.74) is 4.77. The second-order valence-corrected chi connectivity index (χ2v) is 11.6. The van der Waals surface area contributed by atoms with Gasteiger partial charge in [0.25, 0.3) is 0 Å². The minimum atomic E-state index is -3.57. The first-order chi connectivity index (χ1) is 20.1. The molecule has 9 nitrogen and oxygen atoms in total. The van der Waals surface area contributed by atoms with Crippen molar-refractivity contribution in [1.29, 1.82) is 0 Å². The molecule has 0 amide bonds. The van der Waals surface area contributed by atoms with Crippen molar-refractivity contribution in [3.05, 3.63) is 113 Å². The van der Waals surface area contributed by atoms with Crippen LogP contribution in [0.1, 0.15) is 33.2 Å². The van der Waals surface area contributed by atoms with E-state index in [9.17, 15) is 18.3 Å². The molecule has 4 rings (SSSR count). The van der Waals surface area contributed by atoms with E-state index in [0.29, 0.717) is 30.2 Å². The Balaban J connectivity index is 1.28. The Kier molecular flexibility index (Phi) is 10.2. The summed E-state index contributed by atoms with van der Waals surface area (Å²) in [5, 5.41) is 23.0. The van der Waals surface area contributed by atoms with Crippen LogP contribution in [0.5, 0.6) is 11.5 Å². The van der Waals surface area contributed by atoms with Crippen LogP contribution < -0.4 is 19.5 Å². The molecule has 0 heterocycles. The van der Waals surface area contributed by atoms with Crippen molar-refractivity contribution in [3.8, 4) is 22.6 Å². The smallest absolute Gasteiger partial charge is 0.335 e. The number of sulfonamides is 1. The maximum absolute atomic E-state index is 11.9. The zero-order chi connectivity index (χ0) is 30.1. The van der Waals surface area contributed by atoms with Crippen molar-refractivity contribution < 1.29 is 32.9 Å². The van der Waals surface area contributed by atoms with Crippen molar-refractivity contribution in [2.45, 2.75) is 19.6 Å². The highest BCUT2D eigenvalue weighted by atomic mass is 32.2. The first-order valence-electron chi connectivity index (χ1n) is 13.3. The molecule has 0 aromatic heterocycles. The lowest BCUT2D eigenvalue weighted by atomic mass is 9.98. The van der Waals surface area contributed by atoms with Crippen LogP contribution in [0.15, 0.2) is 91.0 Å². The number of carboxylic acid groups (broad SMARTS) is 1. The fraction of sp³-hybridized carbons (Fsp3) is 0.219. The maximum Gasteiger partial charge on any atom is 0.335 e. The summed E-state index contributed by atoms with van der Waals surface area (Å²) in [6, 6.07) is 27.0. The van der Waals surface area contributed by atoms with Crippen LogP contribution in [-0.4, -0.2) is 50.6 Å². The summed E-state index contributed by atoms with van der Waals surface area (Å²) in [4.78, 5) is 11.2. The van der Waals surface area contributed by atoms with Crippen molar-refractivity contribution in [1.82, 2.24) is 5.32 Å². The van der Waals surface area contributed by atoms with Gasteiger partial charge in [-0.1, -0.05) is 54.6 Å². The van der Waals surface area contributed by atoms with Crippen LogP contribution in [0, 0.1) is 6.92 Å². The Morgan fingerprint density at radius 2 is 1.67 bits per heavy atom. The monoisotopic (exact) mass is 590 g/mol. The number of nitrogens with one attached hydrogen (secondary N) is 2. The van der Waals surface area contributed by atoms with Crippen molar-refractivity contribution in [2.24, 2.45) is 0 Å². The SMILES string of the molecule is Cc1cc(C(=O)O)ccc1-c1ccc(OCCNC[C@H](O)c2ccc(OCc3ccccc3)c(NS(C)(=O)=O)c2)cc1. The molecular formula is C32H34N2O7S. The minimum absolute atomic E-state index is 0.233. The molecule has 220 valence electrons. The fourth-order valence-corrected chi connectivity index (χ4v) is 4.90. The highest BCUT2D eigenvalue weighted by Gasteiger charge is 2.15. The van der Waals surface area contributed by atoms with Gasteiger partial charge in [-0.05, 0) is 71.1 Å². The molecule has 10 heteroatoms. The summed E-state index contributed by atoms with van der Waals surface area (Å²) >= 11 is 0. The number of carboxylic acids is 1. The molecule has 4 N–H and O–H groups in total. The van der Waals surface area contributed by atoms with Crippen molar-refractivity contribution in [2.75, 3.05) is 30.7 Å². The summed E-state index contributed by atoms with van der Waals surface area (Å²) in [7, 11) is -3.57. The van der Waals surface area contributed by atoms with Crippen molar-refractivity contribution >= 4 is 21.7 Å². The van der Waals surface area contributed by atoms with Gasteiger partial charge in [-0.25, -0.2) is 13.2 Å². The topological polar surface area (TPSA) is 134 Å². The molecule has 0 aliphatic carbocycles. The van der Waals surface area contributed by atoms with E-state index in [0.717, 1.165) is 28.5 Å². The molecule has 0 unspecified atom stereocenters. The van der Waals surface area contributed by atoms with Gasteiger partial charge in [0, 0.05) is 13.1 Å². The number of hydrogen-bond donors (Lipinski definition) is 4. The Morgan fingerprint density at radius 1 is 0.929 bits per heavy atom. The van der Waals surface area contributed by atoms with E-state index < -0.39 is 22.1 Å². The first kappa shape index (κ1) is 30.6. The summed E-state index contributed by atoms with van der Waals surface area (Å²) in [6.07, 6.45) is 0.175. The summed E-state index contributed by atoms with van der Waals surface area (Å²) < 4.78 is 38.0. The van der Waals surface area contributed by atoms with Crippen LogP contribution in [-0.2, 0) is 16.6 Å². The van der Waals surface area contributed by atoms with Gasteiger partial charge in [-0.2, -0.15) is 0 Å². The average molecular weight is 591 g/mol. The van der Waals surface area contributed by atoms with Crippen LogP contribution in [0.3, 0.4) is 0 Å². The van der Waals surface area contributed by atoms with Gasteiger partial charge in [0.15, 0.2) is 0 Å². The largest absolute Gasteiger partial charge is 0.492 e. The molecule has 0 spiro atoms. The maximum atomic E-state index is 11.9. The van der Waals surface area contributed by atoms with Gasteiger partial charge in [0.05, 0.1) is 23.6 Å². The zero-order valence-electron chi connectivity index (χ0n) is 23.4. The number of hydrogen-bond acceptors (Lipinski definition) is 7. The third-order valence-electron chi connectivity index (χ3n) is 6.44. The molecule has 0 fully saturated rings. The lowest BCUT2D eigenvalue weighted by Crippen LogP contribution is -2.26. The number of aliphatic hydroxyl groups excluding tert-OH is 1. The number of rotatable bonds is 14. The van der Waals surface area contributed by atoms with Gasteiger partial charge in [-0.15, -0.1) is 0 Å². The van der Waals surface area contributed by atoms with E-state index in [1.807, 2.05) is 61.5 Å². The number of carbonyl (C=O) groups is 1. The van der Waals surface area contributed by atoms with E-state index >= 15 is 0 Å². The molecule has 0 bridgehead atoms. The number of aromatic carboxylic acids is 1. The fourth-order valence-electron chi connectivity index (χ4n) is 4.34. The number of aryl methyl sites for hydroxylation is 1. The number of ether oxygens (including phenoxy) is 2. The number of anilines is 1. The Hall–Kier alpha value is -4.38. The minimum Gasteiger partial charge on any atom is -0.492 e.